The number of hydrogen-bond donors (Lipinski definition) is 3. The molecule has 2 aliphatic heterocycles. The minimum Gasteiger partial charge on any atom is -0.365 e. The molecular weight excluding hydrogens is 332 g/mol. The van der Waals surface area contributed by atoms with Gasteiger partial charge in [0.15, 0.2) is 0 Å². The van der Waals surface area contributed by atoms with Crippen LogP contribution in [0.1, 0.15) is 50.0 Å². The summed E-state index contributed by atoms with van der Waals surface area (Å²) in [5.41, 5.74) is 4.94. The van der Waals surface area contributed by atoms with Crippen LogP contribution in [0.15, 0.2) is 12.4 Å². The second-order valence-corrected chi connectivity index (χ2v) is 8.08. The van der Waals surface area contributed by atoms with E-state index in [1.807, 2.05) is 13.8 Å². The van der Waals surface area contributed by atoms with Gasteiger partial charge in [-0.2, -0.15) is 0 Å². The van der Waals surface area contributed by atoms with Crippen molar-refractivity contribution in [2.45, 2.75) is 45.1 Å². The van der Waals surface area contributed by atoms with Gasteiger partial charge in [-0.1, -0.05) is 0 Å². The Hall–Kier alpha value is -2.22. The molecule has 2 atom stereocenters. The highest BCUT2D eigenvalue weighted by Crippen LogP contribution is 2.39. The highest BCUT2D eigenvalue weighted by Gasteiger charge is 2.46. The Kier molecular flexibility index (Phi) is 5.13. The fourth-order valence-corrected chi connectivity index (χ4v) is 3.94. The maximum atomic E-state index is 12.7. The van der Waals surface area contributed by atoms with E-state index in [0.29, 0.717) is 12.4 Å². The molecule has 2 bridgehead atoms. The Morgan fingerprint density at radius 3 is 2.88 bits per heavy atom. The number of rotatable bonds is 7. The molecule has 2 fully saturated rings. The van der Waals surface area contributed by atoms with Gasteiger partial charge in [0.1, 0.15) is 17.8 Å². The Morgan fingerprint density at radius 1 is 1.31 bits per heavy atom. The van der Waals surface area contributed by atoms with Gasteiger partial charge in [0.25, 0.3) is 5.91 Å². The minimum absolute atomic E-state index is 0.175. The number of carbonyl (C=O) groups excluding carboxylic acids is 2. The van der Waals surface area contributed by atoms with E-state index in [1.54, 1.807) is 0 Å². The first kappa shape index (κ1) is 18.6. The van der Waals surface area contributed by atoms with E-state index in [2.05, 4.69) is 25.5 Å². The van der Waals surface area contributed by atoms with Crippen LogP contribution in [0.3, 0.4) is 0 Å². The lowest BCUT2D eigenvalue weighted by molar-refractivity contribution is -0.131. The maximum absolute atomic E-state index is 12.7. The molecule has 0 aromatic carbocycles. The van der Waals surface area contributed by atoms with Crippen molar-refractivity contribution in [3.8, 4) is 0 Å². The highest BCUT2D eigenvalue weighted by molar-refractivity contribution is 5.91. The normalized spacial score (nSPS) is 24.9. The Morgan fingerprint density at radius 2 is 2.12 bits per heavy atom. The summed E-state index contributed by atoms with van der Waals surface area (Å²) in [5.74, 6) is 0.147. The van der Waals surface area contributed by atoms with Crippen molar-refractivity contribution in [2.75, 3.05) is 31.5 Å². The van der Waals surface area contributed by atoms with Gasteiger partial charge in [0, 0.05) is 24.7 Å². The zero-order valence-corrected chi connectivity index (χ0v) is 15.5. The number of nitrogens with zero attached hydrogens (tertiary/aromatic N) is 3. The lowest BCUT2D eigenvalue weighted by Gasteiger charge is -2.33. The summed E-state index contributed by atoms with van der Waals surface area (Å²) < 4.78 is 0. The first-order valence-electron chi connectivity index (χ1n) is 9.20. The number of nitrogens with one attached hydrogen (secondary N) is 2. The molecule has 0 spiro atoms. The molecule has 2 aliphatic rings. The van der Waals surface area contributed by atoms with Gasteiger partial charge in [0.2, 0.25) is 5.91 Å². The molecule has 4 N–H and O–H groups in total. The monoisotopic (exact) mass is 360 g/mol. The number of aromatic nitrogens is 2. The fourth-order valence-electron chi connectivity index (χ4n) is 3.94. The number of anilines is 1. The average Bonchev–Trinajstić information content (AvgIpc) is 2.89. The van der Waals surface area contributed by atoms with E-state index < -0.39 is 5.91 Å². The van der Waals surface area contributed by atoms with E-state index in [1.165, 1.54) is 12.4 Å². The summed E-state index contributed by atoms with van der Waals surface area (Å²) in [6, 6.07) is 1.54. The third-order valence-electron chi connectivity index (χ3n) is 5.47. The van der Waals surface area contributed by atoms with Crippen molar-refractivity contribution in [1.82, 2.24) is 20.2 Å². The van der Waals surface area contributed by atoms with Crippen LogP contribution >= 0.6 is 0 Å². The molecule has 8 heteroatoms. The van der Waals surface area contributed by atoms with E-state index in [-0.39, 0.29) is 22.6 Å². The number of amides is 2. The van der Waals surface area contributed by atoms with Gasteiger partial charge in [-0.3, -0.25) is 9.59 Å². The number of nitrogens with two attached hydrogens (primary N) is 1. The predicted octanol–water partition coefficient (Wildman–Crippen LogP) is 0.758. The molecule has 3 heterocycles. The van der Waals surface area contributed by atoms with Gasteiger partial charge in [-0.25, -0.2) is 9.97 Å². The molecule has 26 heavy (non-hydrogen) atoms. The SMILES string of the molecule is CC(C)(CCNC(=O)C12CCCN(CC1)C2)Nc1cc(C(N)=O)ncn1. The van der Waals surface area contributed by atoms with Crippen LogP contribution in [0, 0.1) is 5.41 Å². The number of carbonyl (C=O) groups is 2. The Bertz CT molecular complexity index is 688. The van der Waals surface area contributed by atoms with Crippen LogP contribution in [0.2, 0.25) is 0 Å². The second kappa shape index (κ2) is 7.19. The predicted molar refractivity (Wildman–Crippen MR) is 98.6 cm³/mol. The second-order valence-electron chi connectivity index (χ2n) is 8.08. The van der Waals surface area contributed by atoms with Crippen LogP contribution < -0.4 is 16.4 Å². The summed E-state index contributed by atoms with van der Waals surface area (Å²) in [4.78, 5) is 34.3. The zero-order valence-electron chi connectivity index (χ0n) is 15.5. The smallest absolute Gasteiger partial charge is 0.267 e. The molecule has 2 saturated heterocycles. The number of piperidine rings is 1. The minimum atomic E-state index is -0.585. The Balaban J connectivity index is 1.51. The standard InChI is InChI=1S/C18H28N6O2/c1-17(2,23-14-10-13(15(19)25)21-12-22-14)5-7-20-16(26)18-4-3-8-24(11-18)9-6-18/h10,12H,3-9,11H2,1-2H3,(H2,19,25)(H,20,26)(H,21,22,23). The summed E-state index contributed by atoms with van der Waals surface area (Å²) in [6.07, 6.45) is 5.12. The van der Waals surface area contributed by atoms with Crippen molar-refractivity contribution >= 4 is 17.6 Å². The van der Waals surface area contributed by atoms with E-state index in [0.717, 1.165) is 45.3 Å². The molecule has 1 aromatic heterocycles. The third kappa shape index (κ3) is 4.12. The van der Waals surface area contributed by atoms with Crippen molar-refractivity contribution in [1.29, 1.82) is 0 Å². The molecule has 0 radical (unpaired) electrons. The largest absolute Gasteiger partial charge is 0.365 e. The van der Waals surface area contributed by atoms with Gasteiger partial charge >= 0.3 is 0 Å². The molecule has 8 nitrogen and oxygen atoms in total. The summed E-state index contributed by atoms with van der Waals surface area (Å²) >= 11 is 0. The molecule has 0 saturated carbocycles. The first-order valence-corrected chi connectivity index (χ1v) is 9.20. The molecule has 2 amide bonds. The number of hydrogen-bond acceptors (Lipinski definition) is 6. The highest BCUT2D eigenvalue weighted by atomic mass is 16.2. The maximum Gasteiger partial charge on any atom is 0.267 e. The van der Waals surface area contributed by atoms with E-state index in [9.17, 15) is 9.59 Å². The molecular formula is C18H28N6O2. The summed E-state index contributed by atoms with van der Waals surface area (Å²) in [5, 5.41) is 6.41. The van der Waals surface area contributed by atoms with Crippen LogP contribution in [0.25, 0.3) is 0 Å². The lowest BCUT2D eigenvalue weighted by atomic mass is 9.80. The van der Waals surface area contributed by atoms with Crippen LogP contribution in [-0.4, -0.2) is 58.4 Å². The van der Waals surface area contributed by atoms with Crippen LogP contribution in [-0.2, 0) is 4.79 Å². The van der Waals surface area contributed by atoms with Gasteiger partial charge in [-0.15, -0.1) is 0 Å². The molecule has 0 aliphatic carbocycles. The van der Waals surface area contributed by atoms with Crippen molar-refractivity contribution in [2.24, 2.45) is 11.1 Å². The quantitative estimate of drug-likeness (QED) is 0.661. The van der Waals surface area contributed by atoms with Crippen molar-refractivity contribution < 1.29 is 9.59 Å². The molecule has 1 aromatic rings. The van der Waals surface area contributed by atoms with E-state index in [4.69, 9.17) is 5.73 Å². The van der Waals surface area contributed by atoms with Crippen LogP contribution in [0.4, 0.5) is 5.82 Å². The van der Waals surface area contributed by atoms with Gasteiger partial charge in [-0.05, 0) is 52.6 Å². The fraction of sp³-hybridized carbons (Fsp3) is 0.667. The van der Waals surface area contributed by atoms with Crippen molar-refractivity contribution in [3.05, 3.63) is 18.1 Å². The van der Waals surface area contributed by atoms with Gasteiger partial charge in [0.05, 0.1) is 5.41 Å². The third-order valence-corrected chi connectivity index (χ3v) is 5.47. The topological polar surface area (TPSA) is 113 Å². The lowest BCUT2D eigenvalue weighted by Crippen LogP contribution is -2.47. The first-order chi connectivity index (χ1) is 12.3. The summed E-state index contributed by atoms with van der Waals surface area (Å²) in [6.45, 7) is 7.71. The molecule has 3 rings (SSSR count). The molecule has 2 unspecified atom stereocenters. The van der Waals surface area contributed by atoms with Gasteiger partial charge < -0.3 is 21.3 Å². The van der Waals surface area contributed by atoms with Crippen LogP contribution in [0.5, 0.6) is 0 Å². The summed E-state index contributed by atoms with van der Waals surface area (Å²) in [7, 11) is 0. The van der Waals surface area contributed by atoms with E-state index >= 15 is 0 Å². The van der Waals surface area contributed by atoms with Crippen molar-refractivity contribution in [3.63, 3.8) is 0 Å². The zero-order chi connectivity index (χ0) is 18.8. The average molecular weight is 360 g/mol. The molecule has 142 valence electrons. The Labute approximate surface area is 153 Å². The number of fused-ring (bicyclic) bond motifs is 2. The number of primary amides is 1.